The van der Waals surface area contributed by atoms with E-state index in [4.69, 9.17) is 0 Å². The fraction of sp³-hybridized carbons (Fsp3) is 0.333. The average molecular weight is 276 g/mol. The number of fused-ring (bicyclic) bond motifs is 2. The number of rotatable bonds is 1. The molecule has 0 aliphatic carbocycles. The molecule has 0 atom stereocenters. The van der Waals surface area contributed by atoms with E-state index >= 15 is 0 Å². The largest absolute Gasteiger partial charge is 0.0616 e. The van der Waals surface area contributed by atoms with Gasteiger partial charge >= 0.3 is 0 Å². The molecule has 0 saturated carbocycles. The van der Waals surface area contributed by atoms with Gasteiger partial charge in [-0.15, -0.1) is 0 Å². The van der Waals surface area contributed by atoms with Crippen molar-refractivity contribution in [1.82, 2.24) is 0 Å². The SMILES string of the molecule is CC(C)c1ccc(C(C)(C)C)c2cc3ccccc3cc12. The van der Waals surface area contributed by atoms with Crippen LogP contribution in [0.4, 0.5) is 0 Å². The molecule has 0 aromatic heterocycles. The molecule has 0 spiro atoms. The minimum Gasteiger partial charge on any atom is -0.0616 e. The number of benzene rings is 3. The second kappa shape index (κ2) is 4.87. The van der Waals surface area contributed by atoms with Crippen LogP contribution < -0.4 is 0 Å². The monoisotopic (exact) mass is 276 g/mol. The summed E-state index contributed by atoms with van der Waals surface area (Å²) in [5, 5.41) is 5.48. The molecule has 0 nitrogen and oxygen atoms in total. The molecule has 0 saturated heterocycles. The summed E-state index contributed by atoms with van der Waals surface area (Å²) in [4.78, 5) is 0. The third-order valence-corrected chi connectivity index (χ3v) is 4.35. The van der Waals surface area contributed by atoms with Crippen molar-refractivity contribution >= 4 is 21.5 Å². The van der Waals surface area contributed by atoms with Crippen molar-refractivity contribution in [3.05, 3.63) is 59.7 Å². The molecule has 0 N–H and O–H groups in total. The molecule has 0 amide bonds. The Morgan fingerprint density at radius 1 is 0.762 bits per heavy atom. The Bertz CT molecular complexity index is 801. The Hall–Kier alpha value is -1.82. The molecule has 0 aliphatic heterocycles. The van der Waals surface area contributed by atoms with E-state index in [1.807, 2.05) is 0 Å². The molecule has 0 fully saturated rings. The summed E-state index contributed by atoms with van der Waals surface area (Å²) in [6.07, 6.45) is 0. The van der Waals surface area contributed by atoms with Crippen molar-refractivity contribution in [3.8, 4) is 0 Å². The van der Waals surface area contributed by atoms with Gasteiger partial charge in [0.05, 0.1) is 0 Å². The third-order valence-electron chi connectivity index (χ3n) is 4.35. The van der Waals surface area contributed by atoms with Crippen molar-refractivity contribution in [2.75, 3.05) is 0 Å². The predicted molar refractivity (Wildman–Crippen MR) is 94.2 cm³/mol. The standard InChI is InChI=1S/C21H24/c1-14(2)17-10-11-20(21(3,4)5)19-13-16-9-7-6-8-15(16)12-18(17)19/h6-14H,1-5H3. The lowest BCUT2D eigenvalue weighted by Gasteiger charge is -2.24. The Morgan fingerprint density at radius 2 is 1.33 bits per heavy atom. The quantitative estimate of drug-likeness (QED) is 0.450. The van der Waals surface area contributed by atoms with E-state index in [0.717, 1.165) is 0 Å². The Morgan fingerprint density at radius 3 is 1.86 bits per heavy atom. The molecule has 3 aromatic carbocycles. The Balaban J connectivity index is 2.47. The van der Waals surface area contributed by atoms with Gasteiger partial charge in [0.2, 0.25) is 0 Å². The minimum absolute atomic E-state index is 0.163. The van der Waals surface area contributed by atoms with Gasteiger partial charge in [-0.25, -0.2) is 0 Å². The average Bonchev–Trinajstić information content (AvgIpc) is 2.42. The smallest absolute Gasteiger partial charge is 0.0126 e. The molecule has 21 heavy (non-hydrogen) atoms. The highest BCUT2D eigenvalue weighted by molar-refractivity contribution is 6.01. The lowest BCUT2D eigenvalue weighted by Crippen LogP contribution is -2.12. The van der Waals surface area contributed by atoms with Crippen molar-refractivity contribution in [3.63, 3.8) is 0 Å². The summed E-state index contributed by atoms with van der Waals surface area (Å²) < 4.78 is 0. The van der Waals surface area contributed by atoms with Crippen LogP contribution in [0.15, 0.2) is 48.5 Å². The van der Waals surface area contributed by atoms with Crippen LogP contribution in [0.25, 0.3) is 21.5 Å². The van der Waals surface area contributed by atoms with E-state index in [1.54, 1.807) is 0 Å². The zero-order valence-corrected chi connectivity index (χ0v) is 13.7. The van der Waals surface area contributed by atoms with E-state index in [1.165, 1.54) is 32.7 Å². The molecule has 0 bridgehead atoms. The van der Waals surface area contributed by atoms with Gasteiger partial charge in [0.25, 0.3) is 0 Å². The van der Waals surface area contributed by atoms with E-state index in [-0.39, 0.29) is 5.41 Å². The summed E-state index contributed by atoms with van der Waals surface area (Å²) in [5.74, 6) is 0.544. The molecule has 108 valence electrons. The summed E-state index contributed by atoms with van der Waals surface area (Å²) in [6, 6.07) is 18.1. The van der Waals surface area contributed by atoms with E-state index < -0.39 is 0 Å². The second-order valence-corrected chi connectivity index (χ2v) is 7.35. The van der Waals surface area contributed by atoms with Crippen molar-refractivity contribution in [1.29, 1.82) is 0 Å². The zero-order valence-electron chi connectivity index (χ0n) is 13.7. The van der Waals surface area contributed by atoms with Crippen LogP contribution in [0, 0.1) is 0 Å². The van der Waals surface area contributed by atoms with Crippen molar-refractivity contribution in [2.45, 2.75) is 46.0 Å². The first-order chi connectivity index (χ1) is 9.88. The van der Waals surface area contributed by atoms with Crippen molar-refractivity contribution < 1.29 is 0 Å². The van der Waals surface area contributed by atoms with E-state index in [0.29, 0.717) is 5.92 Å². The van der Waals surface area contributed by atoms with Gasteiger partial charge in [0.15, 0.2) is 0 Å². The summed E-state index contributed by atoms with van der Waals surface area (Å²) in [6.45, 7) is 11.4. The molecule has 0 heterocycles. The second-order valence-electron chi connectivity index (χ2n) is 7.35. The molecular weight excluding hydrogens is 252 g/mol. The molecular formula is C21H24. The van der Waals surface area contributed by atoms with Gasteiger partial charge < -0.3 is 0 Å². The van der Waals surface area contributed by atoms with Gasteiger partial charge in [-0.2, -0.15) is 0 Å². The van der Waals surface area contributed by atoms with Crippen molar-refractivity contribution in [2.24, 2.45) is 0 Å². The Labute approximate surface area is 127 Å². The van der Waals surface area contributed by atoms with Gasteiger partial charge in [0.1, 0.15) is 0 Å². The summed E-state index contributed by atoms with van der Waals surface area (Å²) in [7, 11) is 0. The van der Waals surface area contributed by atoms with Gasteiger partial charge in [-0.3, -0.25) is 0 Å². The van der Waals surface area contributed by atoms with Gasteiger partial charge in [0, 0.05) is 0 Å². The maximum Gasteiger partial charge on any atom is -0.0126 e. The first-order valence-electron chi connectivity index (χ1n) is 7.84. The highest BCUT2D eigenvalue weighted by Crippen LogP contribution is 2.36. The van der Waals surface area contributed by atoms with Gasteiger partial charge in [-0.05, 0) is 56.1 Å². The topological polar surface area (TPSA) is 0 Å². The highest BCUT2D eigenvalue weighted by Gasteiger charge is 2.19. The van der Waals surface area contributed by atoms with Crippen LogP contribution in [0.5, 0.6) is 0 Å². The van der Waals surface area contributed by atoms with Crippen LogP contribution in [0.2, 0.25) is 0 Å². The minimum atomic E-state index is 0.163. The molecule has 0 heteroatoms. The Kier molecular flexibility index (Phi) is 3.28. The van der Waals surface area contributed by atoms with Gasteiger partial charge in [-0.1, -0.05) is 71.0 Å². The first-order valence-corrected chi connectivity index (χ1v) is 7.84. The molecule has 0 radical (unpaired) electrons. The van der Waals surface area contributed by atoms with Crippen LogP contribution in [-0.4, -0.2) is 0 Å². The summed E-state index contributed by atoms with van der Waals surface area (Å²) >= 11 is 0. The molecule has 0 aliphatic rings. The molecule has 0 unspecified atom stereocenters. The van der Waals surface area contributed by atoms with E-state index in [2.05, 4.69) is 83.1 Å². The predicted octanol–water partition coefficient (Wildman–Crippen LogP) is 6.41. The fourth-order valence-electron chi connectivity index (χ4n) is 3.21. The van der Waals surface area contributed by atoms with E-state index in [9.17, 15) is 0 Å². The highest BCUT2D eigenvalue weighted by atomic mass is 14.2. The molecule has 3 rings (SSSR count). The lowest BCUT2D eigenvalue weighted by atomic mass is 9.81. The van der Waals surface area contributed by atoms with Crippen LogP contribution in [0.3, 0.4) is 0 Å². The van der Waals surface area contributed by atoms with Crippen LogP contribution >= 0.6 is 0 Å². The van der Waals surface area contributed by atoms with Crippen LogP contribution in [-0.2, 0) is 5.41 Å². The third kappa shape index (κ3) is 2.44. The summed E-state index contributed by atoms with van der Waals surface area (Å²) in [5.41, 5.74) is 3.05. The lowest BCUT2D eigenvalue weighted by molar-refractivity contribution is 0.595. The van der Waals surface area contributed by atoms with Crippen LogP contribution in [0.1, 0.15) is 51.7 Å². The number of hydrogen-bond donors (Lipinski definition) is 0. The number of hydrogen-bond acceptors (Lipinski definition) is 0. The maximum absolute atomic E-state index is 2.37. The zero-order chi connectivity index (χ0) is 15.2. The maximum atomic E-state index is 2.37. The fourth-order valence-corrected chi connectivity index (χ4v) is 3.21. The normalized spacial score (nSPS) is 12.5. The molecule has 3 aromatic rings. The first kappa shape index (κ1) is 14.1.